The van der Waals surface area contributed by atoms with Gasteiger partial charge in [-0.3, -0.25) is 24.3 Å². The van der Waals surface area contributed by atoms with Gasteiger partial charge in [0, 0.05) is 41.9 Å². The predicted octanol–water partition coefficient (Wildman–Crippen LogP) is 6.35. The summed E-state index contributed by atoms with van der Waals surface area (Å²) in [5.41, 5.74) is 0.298. The number of hydrogen-bond acceptors (Lipinski definition) is 8. The Morgan fingerprint density at radius 2 is 1.93 bits per heavy atom. The second kappa shape index (κ2) is 16.1. The van der Waals surface area contributed by atoms with Crippen LogP contribution in [0.1, 0.15) is 102 Å². The monoisotopic (exact) mass is 765 g/mol. The molecule has 12 nitrogen and oxygen atoms in total. The Bertz CT molecular complexity index is 1800. The molecule has 1 aliphatic carbocycles. The quantitative estimate of drug-likeness (QED) is 0.324. The van der Waals surface area contributed by atoms with Crippen LogP contribution in [-0.4, -0.2) is 80.4 Å². The minimum Gasteiger partial charge on any atom is -0.444 e. The molecule has 4 heterocycles. The van der Waals surface area contributed by atoms with Crippen LogP contribution in [0.2, 0.25) is 5.02 Å². The molecule has 0 spiro atoms. The molecule has 290 valence electrons. The zero-order valence-corrected chi connectivity index (χ0v) is 32.0. The lowest BCUT2D eigenvalue weighted by molar-refractivity contribution is -0.141. The van der Waals surface area contributed by atoms with Gasteiger partial charge < -0.3 is 25.0 Å². The van der Waals surface area contributed by atoms with Gasteiger partial charge in [-0.05, 0) is 75.8 Å². The molecule has 14 heteroatoms. The molecule has 1 saturated carbocycles. The van der Waals surface area contributed by atoms with E-state index in [1.807, 2.05) is 31.2 Å². The first kappa shape index (κ1) is 39.2. The lowest BCUT2D eigenvalue weighted by Gasteiger charge is -2.30. The molecule has 4 amide bonds. The molecule has 4 aliphatic rings. The van der Waals surface area contributed by atoms with Crippen molar-refractivity contribution in [3.63, 3.8) is 0 Å². The number of carbonyl (C=O) groups excluding carboxylic acids is 5. The summed E-state index contributed by atoms with van der Waals surface area (Å²) in [6, 6.07) is 6.23. The third-order valence-electron chi connectivity index (χ3n) is 10.6. The number of rotatable bonds is 6. The first-order chi connectivity index (χ1) is 25.6. The Morgan fingerprint density at radius 3 is 2.65 bits per heavy atom. The molecule has 2 fully saturated rings. The average Bonchev–Trinajstić information content (AvgIpc) is 3.40. The molecular formula is C40H49ClFN5O7. The first-order valence-corrected chi connectivity index (χ1v) is 19.2. The number of fused-ring (bicyclic) bond motifs is 3. The summed E-state index contributed by atoms with van der Waals surface area (Å²) < 4.78 is 25.0. The van der Waals surface area contributed by atoms with Crippen LogP contribution >= 0.6 is 11.6 Å². The zero-order chi connectivity index (χ0) is 38.8. The Hall–Kier alpha value is -4.52. The fourth-order valence-electron chi connectivity index (χ4n) is 7.66. The lowest BCUT2D eigenvalue weighted by Crippen LogP contribution is -2.56. The van der Waals surface area contributed by atoms with E-state index in [-0.39, 0.29) is 43.6 Å². The first-order valence-electron chi connectivity index (χ1n) is 18.8. The topological polar surface area (TPSA) is 147 Å². The van der Waals surface area contributed by atoms with Gasteiger partial charge in [-0.25, -0.2) is 14.0 Å². The molecule has 2 aromatic rings. The summed E-state index contributed by atoms with van der Waals surface area (Å²) in [6.45, 7) is 7.49. The van der Waals surface area contributed by atoms with Crippen molar-refractivity contribution in [2.45, 2.75) is 127 Å². The summed E-state index contributed by atoms with van der Waals surface area (Å²) >= 11 is 6.38. The Balaban J connectivity index is 1.25. The van der Waals surface area contributed by atoms with Gasteiger partial charge in [0.25, 0.3) is 0 Å². The van der Waals surface area contributed by atoms with Crippen molar-refractivity contribution in [1.82, 2.24) is 25.4 Å². The summed E-state index contributed by atoms with van der Waals surface area (Å²) in [6.07, 6.45) is 6.64. The fourth-order valence-corrected chi connectivity index (χ4v) is 7.91. The van der Waals surface area contributed by atoms with Gasteiger partial charge in [0.05, 0.1) is 19.3 Å². The molecule has 0 radical (unpaired) electrons. The lowest BCUT2D eigenvalue weighted by atomic mass is 9.94. The van der Waals surface area contributed by atoms with E-state index in [9.17, 15) is 28.4 Å². The number of hydrogen-bond donors (Lipinski definition) is 2. The molecule has 0 unspecified atom stereocenters. The maximum absolute atomic E-state index is 14.4. The molecule has 1 aromatic heterocycles. The minimum absolute atomic E-state index is 0.00923. The normalized spacial score (nSPS) is 26.9. The van der Waals surface area contributed by atoms with Gasteiger partial charge in [-0.2, -0.15) is 0 Å². The molecule has 1 aromatic carbocycles. The fraction of sp³-hybridized carbons (Fsp3) is 0.550. The second-order valence-electron chi connectivity index (χ2n) is 15.9. The van der Waals surface area contributed by atoms with E-state index in [2.05, 4.69) is 15.6 Å². The third kappa shape index (κ3) is 9.05. The van der Waals surface area contributed by atoms with E-state index in [0.717, 1.165) is 36.6 Å². The number of carbonyl (C=O) groups is 5. The van der Waals surface area contributed by atoms with Crippen LogP contribution in [0.5, 0.6) is 0 Å². The van der Waals surface area contributed by atoms with E-state index in [1.54, 1.807) is 32.9 Å². The van der Waals surface area contributed by atoms with Gasteiger partial charge in [-0.15, -0.1) is 0 Å². The van der Waals surface area contributed by atoms with Crippen LogP contribution in [0.4, 0.5) is 14.0 Å². The van der Waals surface area contributed by atoms with Gasteiger partial charge >= 0.3 is 12.2 Å². The van der Waals surface area contributed by atoms with Gasteiger partial charge in [0.2, 0.25) is 11.8 Å². The Labute approximate surface area is 320 Å². The number of Topliss-reactive ketones (excluding diaryl/α,β-unsaturated/α-hetero) is 1. The number of benzene rings is 1. The van der Waals surface area contributed by atoms with Crippen molar-refractivity contribution in [2.75, 3.05) is 6.54 Å². The van der Waals surface area contributed by atoms with E-state index < -0.39 is 59.1 Å². The van der Waals surface area contributed by atoms with Crippen molar-refractivity contribution in [1.29, 1.82) is 0 Å². The van der Waals surface area contributed by atoms with Gasteiger partial charge in [0.1, 0.15) is 35.1 Å². The largest absolute Gasteiger partial charge is 0.444 e. The Morgan fingerprint density at radius 1 is 1.13 bits per heavy atom. The highest BCUT2D eigenvalue weighted by molar-refractivity contribution is 6.31. The number of halogens is 2. The van der Waals surface area contributed by atoms with Crippen molar-refractivity contribution in [2.24, 2.45) is 5.92 Å². The summed E-state index contributed by atoms with van der Waals surface area (Å²) in [7, 11) is 0. The number of ether oxygens (including phenoxy) is 2. The molecule has 2 N–H and O–H groups in total. The molecule has 54 heavy (non-hydrogen) atoms. The molecule has 3 aliphatic heterocycles. The van der Waals surface area contributed by atoms with Crippen LogP contribution in [0.3, 0.4) is 0 Å². The van der Waals surface area contributed by atoms with Crippen molar-refractivity contribution < 1.29 is 37.8 Å². The van der Waals surface area contributed by atoms with Crippen LogP contribution in [-0.2, 0) is 36.9 Å². The standard InChI is InChI=1S/C40H49ClFN5O7/c1-24(31-16-15-27(42)20-43-31)17-34(48)40-19-26(40)12-8-6-5-7-9-14-32(44-37(51)54-39(2,3)4)36(50)47-22-28(18-33(47)35(49)45-40)53-38(52)46-21-25-11-10-13-30(41)29(25)23-46/h8,10-13,15-16,20,24,26,28,32-33H,5-7,9,14,17-19,21-23H2,1-4H3,(H,44,51)(H,45,49)/b12-8-/t24-,26-,28-,32+,33+,40-/m1/s1. The van der Waals surface area contributed by atoms with Gasteiger partial charge in [-0.1, -0.05) is 55.7 Å². The minimum atomic E-state index is -1.21. The highest BCUT2D eigenvalue weighted by Gasteiger charge is 2.60. The van der Waals surface area contributed by atoms with E-state index >= 15 is 0 Å². The number of ketones is 1. The van der Waals surface area contributed by atoms with Crippen LogP contribution < -0.4 is 10.6 Å². The summed E-state index contributed by atoms with van der Waals surface area (Å²) in [5.74, 6) is -2.32. The number of pyridine rings is 1. The zero-order valence-electron chi connectivity index (χ0n) is 31.2. The number of amides is 4. The molecule has 1 saturated heterocycles. The van der Waals surface area contributed by atoms with E-state index in [1.165, 1.54) is 15.9 Å². The van der Waals surface area contributed by atoms with E-state index in [4.69, 9.17) is 21.1 Å². The van der Waals surface area contributed by atoms with Crippen molar-refractivity contribution in [3.8, 4) is 0 Å². The molecule has 6 rings (SSSR count). The number of aromatic nitrogens is 1. The molecular weight excluding hydrogens is 717 g/mol. The van der Waals surface area contributed by atoms with Gasteiger partial charge in [0.15, 0.2) is 5.78 Å². The maximum atomic E-state index is 14.4. The maximum Gasteiger partial charge on any atom is 0.410 e. The van der Waals surface area contributed by atoms with Crippen LogP contribution in [0.15, 0.2) is 48.7 Å². The third-order valence-corrected chi connectivity index (χ3v) is 11.0. The SMILES string of the molecule is C[C@H](CC(=O)[C@@]12C[C@H]1/C=C\CCCCC[C@H](NC(=O)OC(C)(C)C)C(=O)N1C[C@H](OC(=O)N3Cc4cccc(Cl)c4C3)C[C@H]1C(=O)N2)c1ccc(F)cn1. The smallest absolute Gasteiger partial charge is 0.410 e. The second-order valence-corrected chi connectivity index (χ2v) is 16.4. The van der Waals surface area contributed by atoms with Crippen LogP contribution in [0, 0.1) is 11.7 Å². The Kier molecular flexibility index (Phi) is 11.7. The number of nitrogens with one attached hydrogen (secondary N) is 2. The van der Waals surface area contributed by atoms with Crippen LogP contribution in [0.25, 0.3) is 0 Å². The number of alkyl carbamates (subject to hydrolysis) is 1. The summed E-state index contributed by atoms with van der Waals surface area (Å²) in [4.78, 5) is 76.4. The van der Waals surface area contributed by atoms with Crippen molar-refractivity contribution >= 4 is 41.4 Å². The molecule has 6 atom stereocenters. The number of allylic oxidation sites excluding steroid dienone is 1. The molecule has 0 bridgehead atoms. The highest BCUT2D eigenvalue weighted by Crippen LogP contribution is 2.47. The van der Waals surface area contributed by atoms with Crippen molar-refractivity contribution in [3.05, 3.63) is 76.3 Å². The van der Waals surface area contributed by atoms with E-state index in [0.29, 0.717) is 36.5 Å². The average molecular weight is 766 g/mol. The predicted molar refractivity (Wildman–Crippen MR) is 198 cm³/mol. The number of nitrogens with zero attached hydrogens (tertiary/aromatic N) is 3. The summed E-state index contributed by atoms with van der Waals surface area (Å²) in [5, 5.41) is 6.33. The highest BCUT2D eigenvalue weighted by atomic mass is 35.5.